The van der Waals surface area contributed by atoms with Gasteiger partial charge in [-0.05, 0) is 65.9 Å². The van der Waals surface area contributed by atoms with Crippen LogP contribution in [0.15, 0.2) is 84.3 Å². The first kappa shape index (κ1) is 25.1. The first-order valence-corrected chi connectivity index (χ1v) is 13.2. The summed E-state index contributed by atoms with van der Waals surface area (Å²) < 4.78 is 34.1. The SMILES string of the molecule is COc1cc(-c2ccc(C)c(Cl)c2)c(C#N)cc1-c1nccc2cc(S(=O)(=O)Nc3ccncn3)ccc12. The topological polar surface area (TPSA) is 118 Å². The van der Waals surface area contributed by atoms with Crippen molar-refractivity contribution in [3.63, 3.8) is 0 Å². The molecule has 5 rings (SSSR count). The number of benzene rings is 3. The van der Waals surface area contributed by atoms with Crippen LogP contribution in [0.1, 0.15) is 11.1 Å². The van der Waals surface area contributed by atoms with E-state index in [-0.39, 0.29) is 10.7 Å². The largest absolute Gasteiger partial charge is 0.496 e. The quantitative estimate of drug-likeness (QED) is 0.280. The number of methoxy groups -OCH3 is 1. The molecule has 1 N–H and O–H groups in total. The number of fused-ring (bicyclic) bond motifs is 1. The molecule has 5 aromatic rings. The van der Waals surface area contributed by atoms with Crippen LogP contribution in [0.3, 0.4) is 0 Å². The molecule has 0 saturated heterocycles. The molecule has 0 amide bonds. The van der Waals surface area contributed by atoms with Gasteiger partial charge in [0.25, 0.3) is 10.0 Å². The minimum Gasteiger partial charge on any atom is -0.496 e. The van der Waals surface area contributed by atoms with Crippen molar-refractivity contribution in [1.82, 2.24) is 15.0 Å². The zero-order valence-electron chi connectivity index (χ0n) is 20.3. The van der Waals surface area contributed by atoms with Gasteiger partial charge in [0.2, 0.25) is 0 Å². The van der Waals surface area contributed by atoms with Gasteiger partial charge < -0.3 is 4.74 Å². The maximum Gasteiger partial charge on any atom is 0.263 e. The number of sulfonamides is 1. The Morgan fingerprint density at radius 1 is 0.974 bits per heavy atom. The molecule has 0 radical (unpaired) electrons. The van der Waals surface area contributed by atoms with Crippen LogP contribution in [-0.2, 0) is 10.0 Å². The number of nitriles is 1. The van der Waals surface area contributed by atoms with E-state index in [9.17, 15) is 13.7 Å². The molecule has 188 valence electrons. The molecule has 3 aromatic carbocycles. The Balaban J connectivity index is 1.61. The van der Waals surface area contributed by atoms with Crippen LogP contribution in [0.2, 0.25) is 5.02 Å². The molecule has 0 spiro atoms. The van der Waals surface area contributed by atoms with E-state index in [1.54, 1.807) is 43.6 Å². The summed E-state index contributed by atoms with van der Waals surface area (Å²) in [5.41, 5.74) is 3.99. The van der Waals surface area contributed by atoms with E-state index in [0.717, 1.165) is 11.1 Å². The number of nitrogens with zero attached hydrogens (tertiary/aromatic N) is 4. The Bertz CT molecular complexity index is 1840. The third-order valence-corrected chi connectivity index (χ3v) is 7.82. The molecule has 38 heavy (non-hydrogen) atoms. The van der Waals surface area contributed by atoms with E-state index < -0.39 is 10.0 Å². The Labute approximate surface area is 224 Å². The lowest BCUT2D eigenvalue weighted by atomic mass is 9.94. The van der Waals surface area contributed by atoms with Crippen LogP contribution in [0.4, 0.5) is 5.82 Å². The second kappa shape index (κ2) is 10.1. The van der Waals surface area contributed by atoms with Gasteiger partial charge in [0.15, 0.2) is 0 Å². The standard InChI is InChI=1S/C28H20ClN5O3S/c1-17-3-4-18(13-25(17)29)23-14-26(37-2)24(12-20(23)15-30)28-22-6-5-21(11-19(22)7-10-32-28)38(35,36)34-27-8-9-31-16-33-27/h3-14,16H,1-2H3,(H,31,33,34). The van der Waals surface area contributed by atoms with E-state index >= 15 is 0 Å². The van der Waals surface area contributed by atoms with E-state index in [1.165, 1.54) is 24.7 Å². The molecule has 0 unspecified atom stereocenters. The fraction of sp³-hybridized carbons (Fsp3) is 0.0714. The van der Waals surface area contributed by atoms with Crippen LogP contribution in [0.25, 0.3) is 33.2 Å². The summed E-state index contributed by atoms with van der Waals surface area (Å²) in [5, 5.41) is 11.9. The number of aryl methyl sites for hydroxylation is 1. The van der Waals surface area contributed by atoms with Crippen molar-refractivity contribution in [1.29, 1.82) is 5.26 Å². The van der Waals surface area contributed by atoms with E-state index in [0.29, 0.717) is 43.9 Å². The minimum atomic E-state index is -3.89. The molecule has 2 heterocycles. The number of hydrogen-bond acceptors (Lipinski definition) is 7. The molecule has 0 atom stereocenters. The molecular weight excluding hydrogens is 522 g/mol. The van der Waals surface area contributed by atoms with Crippen molar-refractivity contribution in [3.05, 3.63) is 95.5 Å². The van der Waals surface area contributed by atoms with Gasteiger partial charge in [-0.25, -0.2) is 18.4 Å². The zero-order chi connectivity index (χ0) is 26.9. The Morgan fingerprint density at radius 3 is 2.53 bits per heavy atom. The fourth-order valence-corrected chi connectivity index (χ4v) is 5.33. The third kappa shape index (κ3) is 4.75. The Hall–Kier alpha value is -4.52. The average molecular weight is 542 g/mol. The van der Waals surface area contributed by atoms with Crippen LogP contribution in [-0.4, -0.2) is 30.5 Å². The minimum absolute atomic E-state index is 0.0667. The van der Waals surface area contributed by atoms with E-state index in [2.05, 4.69) is 25.7 Å². The van der Waals surface area contributed by atoms with E-state index in [4.69, 9.17) is 16.3 Å². The Morgan fingerprint density at radius 2 is 1.82 bits per heavy atom. The summed E-state index contributed by atoms with van der Waals surface area (Å²) in [4.78, 5) is 12.3. The summed E-state index contributed by atoms with van der Waals surface area (Å²) in [6.45, 7) is 1.91. The highest BCUT2D eigenvalue weighted by molar-refractivity contribution is 7.92. The first-order chi connectivity index (χ1) is 18.3. The summed E-state index contributed by atoms with van der Waals surface area (Å²) in [7, 11) is -2.34. The summed E-state index contributed by atoms with van der Waals surface area (Å²) >= 11 is 6.34. The fourth-order valence-electron chi connectivity index (χ4n) is 4.11. The monoisotopic (exact) mass is 541 g/mol. The van der Waals surface area contributed by atoms with Gasteiger partial charge in [-0.2, -0.15) is 5.26 Å². The van der Waals surface area contributed by atoms with Gasteiger partial charge >= 0.3 is 0 Å². The van der Waals surface area contributed by atoms with Gasteiger partial charge in [0.05, 0.1) is 29.3 Å². The molecular formula is C28H20ClN5O3S. The highest BCUT2D eigenvalue weighted by Crippen LogP contribution is 2.39. The molecule has 0 aliphatic rings. The molecule has 0 aliphatic carbocycles. The van der Waals surface area contributed by atoms with Crippen molar-refractivity contribution >= 4 is 38.2 Å². The number of ether oxygens (including phenoxy) is 1. The lowest BCUT2D eigenvalue weighted by Gasteiger charge is -2.15. The van der Waals surface area contributed by atoms with Crippen LogP contribution in [0, 0.1) is 18.3 Å². The lowest BCUT2D eigenvalue weighted by molar-refractivity contribution is 0.416. The highest BCUT2D eigenvalue weighted by atomic mass is 35.5. The predicted molar refractivity (Wildman–Crippen MR) is 146 cm³/mol. The number of halogens is 1. The number of pyridine rings is 1. The Kier molecular flexibility index (Phi) is 6.68. The number of aromatic nitrogens is 3. The predicted octanol–water partition coefficient (Wildman–Crippen LogP) is 6.00. The van der Waals surface area contributed by atoms with Gasteiger partial charge in [0.1, 0.15) is 17.9 Å². The van der Waals surface area contributed by atoms with E-state index in [1.807, 2.05) is 25.1 Å². The van der Waals surface area contributed by atoms with Crippen molar-refractivity contribution in [2.75, 3.05) is 11.8 Å². The number of rotatable bonds is 6. The van der Waals surface area contributed by atoms with Crippen LogP contribution < -0.4 is 9.46 Å². The van der Waals surface area contributed by atoms with Crippen LogP contribution >= 0.6 is 11.6 Å². The summed E-state index contributed by atoms with van der Waals surface area (Å²) in [6, 6.07) is 19.3. The van der Waals surface area contributed by atoms with Crippen molar-refractivity contribution < 1.29 is 13.2 Å². The average Bonchev–Trinajstić information content (AvgIpc) is 2.93. The number of nitrogens with one attached hydrogen (secondary N) is 1. The summed E-state index contributed by atoms with van der Waals surface area (Å²) in [5.74, 6) is 0.678. The van der Waals surface area contributed by atoms with Gasteiger partial charge in [-0.1, -0.05) is 29.8 Å². The summed E-state index contributed by atoms with van der Waals surface area (Å²) in [6.07, 6.45) is 4.30. The van der Waals surface area contributed by atoms with Gasteiger partial charge in [-0.3, -0.25) is 9.71 Å². The molecule has 8 nitrogen and oxygen atoms in total. The molecule has 0 fully saturated rings. The van der Waals surface area contributed by atoms with Crippen molar-refractivity contribution in [2.24, 2.45) is 0 Å². The van der Waals surface area contributed by atoms with Crippen LogP contribution in [0.5, 0.6) is 5.75 Å². The maximum atomic E-state index is 12.9. The lowest BCUT2D eigenvalue weighted by Crippen LogP contribution is -2.13. The smallest absolute Gasteiger partial charge is 0.263 e. The van der Waals surface area contributed by atoms with Gasteiger partial charge in [-0.15, -0.1) is 0 Å². The molecule has 10 heteroatoms. The maximum absolute atomic E-state index is 12.9. The van der Waals surface area contributed by atoms with Crippen molar-refractivity contribution in [3.8, 4) is 34.2 Å². The first-order valence-electron chi connectivity index (χ1n) is 11.4. The highest BCUT2D eigenvalue weighted by Gasteiger charge is 2.19. The van der Waals surface area contributed by atoms with Crippen molar-refractivity contribution in [2.45, 2.75) is 11.8 Å². The third-order valence-electron chi connectivity index (χ3n) is 6.07. The normalized spacial score (nSPS) is 11.2. The molecule has 0 aliphatic heterocycles. The second-order valence-corrected chi connectivity index (χ2v) is 10.5. The molecule has 2 aromatic heterocycles. The second-order valence-electron chi connectivity index (χ2n) is 8.42. The molecule has 0 saturated carbocycles. The van der Waals surface area contributed by atoms with Gasteiger partial charge in [0, 0.05) is 33.9 Å². The number of hydrogen-bond donors (Lipinski definition) is 1. The number of anilines is 1. The zero-order valence-corrected chi connectivity index (χ0v) is 21.9. The molecule has 0 bridgehead atoms.